The average molecular weight is 259 g/mol. The van der Waals surface area contributed by atoms with Gasteiger partial charge in [0.05, 0.1) is 17.7 Å². The summed E-state index contributed by atoms with van der Waals surface area (Å²) >= 11 is 0. The molecule has 0 amide bonds. The molecule has 3 heterocycles. The summed E-state index contributed by atoms with van der Waals surface area (Å²) in [6.45, 7) is 4.33. The van der Waals surface area contributed by atoms with Crippen molar-refractivity contribution >= 4 is 0 Å². The van der Waals surface area contributed by atoms with Crippen LogP contribution in [0.5, 0.6) is 0 Å². The van der Waals surface area contributed by atoms with Gasteiger partial charge in [-0.3, -0.25) is 9.25 Å². The molecule has 1 aliphatic rings. The molecule has 1 aliphatic heterocycles. The molecule has 1 saturated heterocycles. The van der Waals surface area contributed by atoms with Crippen molar-refractivity contribution in [1.82, 2.24) is 24.6 Å². The van der Waals surface area contributed by atoms with Crippen LogP contribution in [0.3, 0.4) is 0 Å². The summed E-state index contributed by atoms with van der Waals surface area (Å²) in [5.74, 6) is 0.557. The zero-order chi connectivity index (χ0) is 13.2. The number of rotatable bonds is 3. The normalized spacial score (nSPS) is 19.8. The average Bonchev–Trinajstić information content (AvgIpc) is 3.05. The minimum atomic E-state index is 0.557. The van der Waals surface area contributed by atoms with Gasteiger partial charge in [0.25, 0.3) is 0 Å². The first-order valence-corrected chi connectivity index (χ1v) is 7.05. The Labute approximate surface area is 113 Å². The molecule has 1 atom stereocenters. The van der Waals surface area contributed by atoms with E-state index in [0.29, 0.717) is 5.92 Å². The molecule has 0 radical (unpaired) electrons. The van der Waals surface area contributed by atoms with Crippen LogP contribution in [0, 0.1) is 0 Å². The first kappa shape index (κ1) is 12.4. The quantitative estimate of drug-likeness (QED) is 0.911. The maximum Gasteiger partial charge on any atom is 0.0995 e. The first-order chi connectivity index (χ1) is 9.29. The molecule has 0 aromatic carbocycles. The fourth-order valence-corrected chi connectivity index (χ4v) is 2.89. The topological polar surface area (TPSA) is 47.7 Å². The zero-order valence-electron chi connectivity index (χ0n) is 11.6. The fourth-order valence-electron chi connectivity index (χ4n) is 2.89. The lowest BCUT2D eigenvalue weighted by atomic mass is 9.96. The van der Waals surface area contributed by atoms with E-state index in [1.807, 2.05) is 24.3 Å². The Balaban J connectivity index is 1.98. The van der Waals surface area contributed by atoms with Gasteiger partial charge in [-0.25, -0.2) is 4.98 Å². The van der Waals surface area contributed by atoms with Crippen molar-refractivity contribution in [3.05, 3.63) is 30.1 Å². The Bertz CT molecular complexity index is 548. The van der Waals surface area contributed by atoms with Crippen molar-refractivity contribution < 1.29 is 0 Å². The Morgan fingerprint density at radius 1 is 1.47 bits per heavy atom. The monoisotopic (exact) mass is 259 g/mol. The van der Waals surface area contributed by atoms with E-state index in [1.54, 1.807) is 0 Å². The predicted octanol–water partition coefficient (Wildman–Crippen LogP) is 1.64. The molecule has 1 fully saturated rings. The Morgan fingerprint density at radius 3 is 3.11 bits per heavy atom. The molecule has 2 aromatic heterocycles. The summed E-state index contributed by atoms with van der Waals surface area (Å²) in [6.07, 6.45) is 9.42. The van der Waals surface area contributed by atoms with Crippen LogP contribution in [-0.4, -0.2) is 32.4 Å². The number of aryl methyl sites for hydroxylation is 2. The molecule has 19 heavy (non-hydrogen) atoms. The number of nitrogens with zero attached hydrogens (tertiary/aromatic N) is 4. The Hall–Kier alpha value is -1.62. The van der Waals surface area contributed by atoms with Gasteiger partial charge in [0, 0.05) is 37.6 Å². The van der Waals surface area contributed by atoms with E-state index in [2.05, 4.69) is 33.1 Å². The molecule has 0 aliphatic carbocycles. The van der Waals surface area contributed by atoms with Crippen LogP contribution >= 0.6 is 0 Å². The van der Waals surface area contributed by atoms with Crippen molar-refractivity contribution in [2.45, 2.75) is 32.1 Å². The van der Waals surface area contributed by atoms with E-state index in [9.17, 15) is 0 Å². The van der Waals surface area contributed by atoms with Crippen molar-refractivity contribution in [1.29, 1.82) is 0 Å². The third-order valence-corrected chi connectivity index (χ3v) is 3.86. The second kappa shape index (κ2) is 5.17. The maximum atomic E-state index is 4.52. The second-order valence-electron chi connectivity index (χ2n) is 5.22. The van der Waals surface area contributed by atoms with Crippen molar-refractivity contribution in [3.63, 3.8) is 0 Å². The predicted molar refractivity (Wildman–Crippen MR) is 74.6 cm³/mol. The maximum absolute atomic E-state index is 4.52. The van der Waals surface area contributed by atoms with Gasteiger partial charge in [-0.15, -0.1) is 0 Å². The highest BCUT2D eigenvalue weighted by Crippen LogP contribution is 2.26. The summed E-state index contributed by atoms with van der Waals surface area (Å²) in [5.41, 5.74) is 3.60. The van der Waals surface area contributed by atoms with Gasteiger partial charge in [0.15, 0.2) is 0 Å². The van der Waals surface area contributed by atoms with E-state index in [1.165, 1.54) is 24.2 Å². The highest BCUT2D eigenvalue weighted by atomic mass is 15.3. The molecule has 0 saturated carbocycles. The van der Waals surface area contributed by atoms with Crippen LogP contribution in [0.25, 0.3) is 5.69 Å². The van der Waals surface area contributed by atoms with Gasteiger partial charge >= 0.3 is 0 Å². The lowest BCUT2D eigenvalue weighted by molar-refractivity contribution is 0.451. The van der Waals surface area contributed by atoms with Crippen molar-refractivity contribution in [2.75, 3.05) is 13.1 Å². The first-order valence-electron chi connectivity index (χ1n) is 7.05. The summed E-state index contributed by atoms with van der Waals surface area (Å²) in [4.78, 5) is 4.36. The lowest BCUT2D eigenvalue weighted by Crippen LogP contribution is -2.29. The number of piperidine rings is 1. The standard InChI is InChI=1S/C14H21N5/c1-3-12-14(9-18(2)17-12)19-10-16-8-13(19)11-5-4-6-15-7-11/h8-11,15H,3-7H2,1-2H3. The molecule has 1 N–H and O–H groups in total. The molecule has 5 nitrogen and oxygen atoms in total. The van der Waals surface area contributed by atoms with Crippen molar-refractivity contribution in [3.8, 4) is 5.69 Å². The number of hydrogen-bond acceptors (Lipinski definition) is 3. The summed E-state index contributed by atoms with van der Waals surface area (Å²) in [6, 6.07) is 0. The molecular formula is C14H21N5. The molecule has 0 spiro atoms. The van der Waals surface area contributed by atoms with E-state index in [-0.39, 0.29) is 0 Å². The van der Waals surface area contributed by atoms with Gasteiger partial charge in [0.2, 0.25) is 0 Å². The summed E-state index contributed by atoms with van der Waals surface area (Å²) in [7, 11) is 1.97. The van der Waals surface area contributed by atoms with E-state index in [4.69, 9.17) is 0 Å². The highest BCUT2D eigenvalue weighted by Gasteiger charge is 2.21. The lowest BCUT2D eigenvalue weighted by Gasteiger charge is -2.23. The van der Waals surface area contributed by atoms with Crippen LogP contribution in [-0.2, 0) is 13.5 Å². The third kappa shape index (κ3) is 2.30. The number of hydrogen-bond donors (Lipinski definition) is 1. The Kier molecular flexibility index (Phi) is 3.38. The number of imidazole rings is 1. The van der Waals surface area contributed by atoms with Crippen LogP contribution in [0.4, 0.5) is 0 Å². The van der Waals surface area contributed by atoms with Crippen LogP contribution in [0.1, 0.15) is 37.1 Å². The van der Waals surface area contributed by atoms with E-state index >= 15 is 0 Å². The van der Waals surface area contributed by atoms with Gasteiger partial charge in [-0.2, -0.15) is 5.10 Å². The zero-order valence-corrected chi connectivity index (χ0v) is 11.6. The van der Waals surface area contributed by atoms with Gasteiger partial charge in [0.1, 0.15) is 0 Å². The number of nitrogens with one attached hydrogen (secondary N) is 1. The molecule has 2 aromatic rings. The van der Waals surface area contributed by atoms with Gasteiger partial charge < -0.3 is 5.32 Å². The van der Waals surface area contributed by atoms with Crippen LogP contribution in [0.15, 0.2) is 18.7 Å². The molecule has 5 heteroatoms. The minimum absolute atomic E-state index is 0.557. The highest BCUT2D eigenvalue weighted by molar-refractivity contribution is 5.37. The molecule has 3 rings (SSSR count). The van der Waals surface area contributed by atoms with Gasteiger partial charge in [-0.05, 0) is 25.8 Å². The SMILES string of the molecule is CCc1nn(C)cc1-n1cncc1C1CCCNC1. The summed E-state index contributed by atoms with van der Waals surface area (Å²) in [5, 5.41) is 8.00. The molecule has 1 unspecified atom stereocenters. The largest absolute Gasteiger partial charge is 0.316 e. The fraction of sp³-hybridized carbons (Fsp3) is 0.571. The van der Waals surface area contributed by atoms with E-state index < -0.39 is 0 Å². The summed E-state index contributed by atoms with van der Waals surface area (Å²) < 4.78 is 4.10. The molecular weight excluding hydrogens is 238 g/mol. The van der Waals surface area contributed by atoms with Crippen LogP contribution < -0.4 is 5.32 Å². The Morgan fingerprint density at radius 2 is 2.37 bits per heavy atom. The van der Waals surface area contributed by atoms with Crippen LogP contribution in [0.2, 0.25) is 0 Å². The number of aromatic nitrogens is 4. The second-order valence-corrected chi connectivity index (χ2v) is 5.22. The molecule has 0 bridgehead atoms. The smallest absolute Gasteiger partial charge is 0.0995 e. The van der Waals surface area contributed by atoms with Crippen molar-refractivity contribution in [2.24, 2.45) is 7.05 Å². The minimum Gasteiger partial charge on any atom is -0.316 e. The van der Waals surface area contributed by atoms with Gasteiger partial charge in [-0.1, -0.05) is 6.92 Å². The third-order valence-electron chi connectivity index (χ3n) is 3.86. The van der Waals surface area contributed by atoms with E-state index in [0.717, 1.165) is 25.2 Å². The molecule has 102 valence electrons.